The molecule has 162 valence electrons. The fourth-order valence-corrected chi connectivity index (χ4v) is 5.00. The highest BCUT2D eigenvalue weighted by Crippen LogP contribution is 2.53. The molecule has 1 saturated carbocycles. The molecule has 0 radical (unpaired) electrons. The van der Waals surface area contributed by atoms with Gasteiger partial charge < -0.3 is 9.47 Å². The van der Waals surface area contributed by atoms with Crippen LogP contribution in [-0.2, 0) is 14.3 Å². The molecule has 0 spiro atoms. The number of fused-ring (bicyclic) bond motifs is 5. The molecule has 0 N–H and O–H groups in total. The van der Waals surface area contributed by atoms with Gasteiger partial charge in [-0.2, -0.15) is 0 Å². The Kier molecular flexibility index (Phi) is 4.89. The first-order chi connectivity index (χ1) is 15.5. The third-order valence-corrected chi connectivity index (χ3v) is 6.56. The molecule has 7 nitrogen and oxygen atoms in total. The van der Waals surface area contributed by atoms with E-state index in [0.29, 0.717) is 17.0 Å². The Morgan fingerprint density at radius 2 is 1.59 bits per heavy atom. The maximum Gasteiger partial charge on any atom is 0.338 e. The Morgan fingerprint density at radius 3 is 2.22 bits per heavy atom. The molecule has 5 rings (SSSR count). The van der Waals surface area contributed by atoms with E-state index in [4.69, 9.17) is 9.47 Å². The standard InChI is InChI=1S/C25H21NO6/c1-31-19-4-2-3-15(12-19)20(27)13-32-25(30)14-7-9-18(10-8-14)26-23(28)21-16-5-6-17(11-16)22(21)24(26)29/h2-10,12,16-17,21-22H,11,13H2,1H3/t16-,17-,21+,22+/m0/s1. The summed E-state index contributed by atoms with van der Waals surface area (Å²) >= 11 is 0. The Bertz CT molecular complexity index is 1120. The predicted molar refractivity (Wildman–Crippen MR) is 114 cm³/mol. The van der Waals surface area contributed by atoms with Gasteiger partial charge in [0.1, 0.15) is 5.75 Å². The summed E-state index contributed by atoms with van der Waals surface area (Å²) < 4.78 is 10.2. The monoisotopic (exact) mass is 431 g/mol. The fourth-order valence-electron chi connectivity index (χ4n) is 5.00. The van der Waals surface area contributed by atoms with E-state index < -0.39 is 12.6 Å². The van der Waals surface area contributed by atoms with Crippen molar-refractivity contribution in [1.29, 1.82) is 0 Å². The number of carbonyl (C=O) groups excluding carboxylic acids is 4. The molecule has 1 aliphatic heterocycles. The molecule has 2 bridgehead atoms. The van der Waals surface area contributed by atoms with Crippen molar-refractivity contribution in [2.45, 2.75) is 6.42 Å². The molecule has 3 aliphatic rings. The van der Waals surface area contributed by atoms with Gasteiger partial charge in [-0.25, -0.2) is 4.79 Å². The van der Waals surface area contributed by atoms with E-state index in [0.717, 1.165) is 6.42 Å². The number of allylic oxidation sites excluding steroid dienone is 2. The second kappa shape index (κ2) is 7.75. The third kappa shape index (κ3) is 3.21. The van der Waals surface area contributed by atoms with Gasteiger partial charge in [0.2, 0.25) is 11.8 Å². The molecular formula is C25H21NO6. The zero-order valence-electron chi connectivity index (χ0n) is 17.4. The van der Waals surface area contributed by atoms with Crippen LogP contribution in [0.4, 0.5) is 5.69 Å². The lowest BCUT2D eigenvalue weighted by molar-refractivity contribution is -0.123. The average molecular weight is 431 g/mol. The van der Waals surface area contributed by atoms with Crippen molar-refractivity contribution in [1.82, 2.24) is 0 Å². The van der Waals surface area contributed by atoms with Crippen molar-refractivity contribution in [3.8, 4) is 5.75 Å². The van der Waals surface area contributed by atoms with Gasteiger partial charge in [0.15, 0.2) is 12.4 Å². The lowest BCUT2D eigenvalue weighted by Crippen LogP contribution is -2.32. The minimum Gasteiger partial charge on any atom is -0.497 e. The topological polar surface area (TPSA) is 90.0 Å². The predicted octanol–water partition coefficient (Wildman–Crippen LogP) is 3.05. The first kappa shape index (κ1) is 20.2. The summed E-state index contributed by atoms with van der Waals surface area (Å²) in [6.07, 6.45) is 4.97. The first-order valence-corrected chi connectivity index (χ1v) is 10.5. The second-order valence-corrected chi connectivity index (χ2v) is 8.29. The minimum absolute atomic E-state index is 0.142. The summed E-state index contributed by atoms with van der Waals surface area (Å²) in [7, 11) is 1.50. The van der Waals surface area contributed by atoms with Crippen LogP contribution in [-0.4, -0.2) is 37.3 Å². The lowest BCUT2D eigenvalue weighted by atomic mass is 9.85. The fraction of sp³-hybridized carbons (Fsp3) is 0.280. The molecule has 4 atom stereocenters. The zero-order valence-corrected chi connectivity index (χ0v) is 17.4. The van der Waals surface area contributed by atoms with Crippen molar-refractivity contribution in [3.05, 3.63) is 71.8 Å². The number of amides is 2. The quantitative estimate of drug-likeness (QED) is 0.302. The molecule has 0 unspecified atom stereocenters. The summed E-state index contributed by atoms with van der Waals surface area (Å²) in [6, 6.07) is 12.7. The molecule has 1 saturated heterocycles. The number of hydrogen-bond acceptors (Lipinski definition) is 6. The molecule has 0 aromatic heterocycles. The molecule has 2 amide bonds. The molecule has 2 aromatic carbocycles. The summed E-state index contributed by atoms with van der Waals surface area (Å²) in [5, 5.41) is 0. The van der Waals surface area contributed by atoms with Crippen LogP contribution in [0.3, 0.4) is 0 Å². The van der Waals surface area contributed by atoms with Crippen molar-refractivity contribution >= 4 is 29.3 Å². The van der Waals surface area contributed by atoms with Gasteiger partial charge in [-0.15, -0.1) is 0 Å². The molecule has 2 fully saturated rings. The van der Waals surface area contributed by atoms with Gasteiger partial charge in [0, 0.05) is 5.56 Å². The Hall–Kier alpha value is -3.74. The van der Waals surface area contributed by atoms with Crippen LogP contribution in [0.5, 0.6) is 5.75 Å². The summed E-state index contributed by atoms with van der Waals surface area (Å²) in [5.74, 6) is -1.08. The number of ketones is 1. The number of imide groups is 1. The highest BCUT2D eigenvalue weighted by molar-refractivity contribution is 6.22. The van der Waals surface area contributed by atoms with Crippen molar-refractivity contribution in [3.63, 3.8) is 0 Å². The van der Waals surface area contributed by atoms with Gasteiger partial charge in [-0.3, -0.25) is 19.3 Å². The highest BCUT2D eigenvalue weighted by Gasteiger charge is 2.59. The normalized spacial score (nSPS) is 25.2. The number of hydrogen-bond donors (Lipinski definition) is 0. The zero-order chi connectivity index (χ0) is 22.4. The number of anilines is 1. The second-order valence-electron chi connectivity index (χ2n) is 8.29. The third-order valence-electron chi connectivity index (χ3n) is 6.56. The van der Waals surface area contributed by atoms with Crippen LogP contribution in [0.2, 0.25) is 0 Å². The number of carbonyl (C=O) groups is 4. The van der Waals surface area contributed by atoms with Crippen molar-refractivity contribution < 1.29 is 28.7 Å². The van der Waals surface area contributed by atoms with Gasteiger partial charge in [0.25, 0.3) is 0 Å². The highest BCUT2D eigenvalue weighted by atomic mass is 16.5. The van der Waals surface area contributed by atoms with E-state index in [1.54, 1.807) is 36.4 Å². The summed E-state index contributed by atoms with van der Waals surface area (Å²) in [6.45, 7) is -0.407. The minimum atomic E-state index is -0.661. The maximum absolute atomic E-state index is 12.9. The van der Waals surface area contributed by atoms with Gasteiger partial charge in [-0.05, 0) is 54.7 Å². The maximum atomic E-state index is 12.9. The van der Waals surface area contributed by atoms with Gasteiger partial charge in [-0.1, -0.05) is 24.3 Å². The van der Waals surface area contributed by atoms with Crippen LogP contribution in [0.1, 0.15) is 27.1 Å². The van der Waals surface area contributed by atoms with E-state index in [2.05, 4.69) is 0 Å². The van der Waals surface area contributed by atoms with E-state index in [1.165, 1.54) is 24.1 Å². The largest absolute Gasteiger partial charge is 0.497 e. The Morgan fingerprint density at radius 1 is 0.938 bits per heavy atom. The van der Waals surface area contributed by atoms with E-state index >= 15 is 0 Å². The first-order valence-electron chi connectivity index (χ1n) is 10.5. The van der Waals surface area contributed by atoms with Crippen molar-refractivity contribution in [2.75, 3.05) is 18.6 Å². The average Bonchev–Trinajstić information content (AvgIpc) is 3.51. The van der Waals surface area contributed by atoms with E-state index in [9.17, 15) is 19.2 Å². The molecule has 2 aromatic rings. The lowest BCUT2D eigenvalue weighted by Gasteiger charge is -2.17. The molecule has 2 aliphatic carbocycles. The smallest absolute Gasteiger partial charge is 0.338 e. The van der Waals surface area contributed by atoms with Crippen LogP contribution >= 0.6 is 0 Å². The van der Waals surface area contributed by atoms with Crippen LogP contribution < -0.4 is 9.64 Å². The Labute approximate surface area is 184 Å². The molecular weight excluding hydrogens is 410 g/mol. The number of ether oxygens (including phenoxy) is 2. The number of esters is 1. The molecule has 1 heterocycles. The number of nitrogens with zero attached hydrogens (tertiary/aromatic N) is 1. The number of methoxy groups -OCH3 is 1. The van der Waals surface area contributed by atoms with E-state index in [-0.39, 0.29) is 46.8 Å². The van der Waals surface area contributed by atoms with Gasteiger partial charge >= 0.3 is 5.97 Å². The van der Waals surface area contributed by atoms with Crippen LogP contribution in [0, 0.1) is 23.7 Å². The van der Waals surface area contributed by atoms with E-state index in [1.807, 2.05) is 12.2 Å². The van der Waals surface area contributed by atoms with Crippen LogP contribution in [0.15, 0.2) is 60.7 Å². The van der Waals surface area contributed by atoms with Crippen molar-refractivity contribution in [2.24, 2.45) is 23.7 Å². The summed E-state index contributed by atoms with van der Waals surface area (Å²) in [5.41, 5.74) is 1.05. The Balaban J connectivity index is 1.24. The number of rotatable bonds is 6. The number of benzene rings is 2. The SMILES string of the molecule is COc1cccc(C(=O)COC(=O)c2ccc(N3C(=O)[C@H]4[C@H](C3=O)[C@H]3C=C[C@H]4C3)cc2)c1. The van der Waals surface area contributed by atoms with Gasteiger partial charge in [0.05, 0.1) is 30.2 Å². The molecule has 32 heavy (non-hydrogen) atoms. The summed E-state index contributed by atoms with van der Waals surface area (Å²) in [4.78, 5) is 51.7. The van der Waals surface area contributed by atoms with Crippen LogP contribution in [0.25, 0.3) is 0 Å². The number of Topliss-reactive ketones (excluding diaryl/α,β-unsaturated/α-hetero) is 1. The molecule has 7 heteroatoms.